The van der Waals surface area contributed by atoms with Gasteiger partial charge in [0.1, 0.15) is 0 Å². The van der Waals surface area contributed by atoms with Crippen molar-refractivity contribution in [2.24, 2.45) is 0 Å². The number of hydrogen-bond acceptors (Lipinski definition) is 2. The van der Waals surface area contributed by atoms with E-state index in [9.17, 15) is 0 Å². The lowest BCUT2D eigenvalue weighted by Gasteiger charge is -2.36. The molecule has 0 radical (unpaired) electrons. The Bertz CT molecular complexity index is 3210. The van der Waals surface area contributed by atoms with Gasteiger partial charge >= 0.3 is 0 Å². The van der Waals surface area contributed by atoms with Gasteiger partial charge in [-0.3, -0.25) is 0 Å². The van der Waals surface area contributed by atoms with Crippen LogP contribution in [0.1, 0.15) is 68.2 Å². The van der Waals surface area contributed by atoms with Gasteiger partial charge in [-0.25, -0.2) is 9.97 Å². The molecule has 2 heteroatoms. The van der Waals surface area contributed by atoms with E-state index >= 15 is 0 Å². The lowest BCUT2D eigenvalue weighted by Crippen LogP contribution is -2.28. The normalized spacial score (nSPS) is 15.1. The van der Waals surface area contributed by atoms with Gasteiger partial charge in [-0.15, -0.1) is 0 Å². The lowest BCUT2D eigenvalue weighted by atomic mass is 9.67. The fraction of sp³-hybridized carbons (Fsp3) is 0.148. The number of aromatic nitrogens is 2. The summed E-state index contributed by atoms with van der Waals surface area (Å²) >= 11 is 0. The highest BCUT2D eigenvalue weighted by Gasteiger charge is 2.46. The van der Waals surface area contributed by atoms with Crippen LogP contribution in [0.25, 0.3) is 89.5 Å². The highest BCUT2D eigenvalue weighted by molar-refractivity contribution is 5.92. The van der Waals surface area contributed by atoms with E-state index in [1.165, 1.54) is 82.2 Å². The first kappa shape index (κ1) is 37.6. The van der Waals surface area contributed by atoms with Crippen LogP contribution in [0.5, 0.6) is 0 Å². The second-order valence-corrected chi connectivity index (χ2v) is 18.4. The summed E-state index contributed by atoms with van der Waals surface area (Å²) in [7, 11) is 0. The summed E-state index contributed by atoms with van der Waals surface area (Å²) in [5.41, 5.74) is 24.1. The summed E-state index contributed by atoms with van der Waals surface area (Å²) in [5.74, 6) is 0. The Kier molecular flexibility index (Phi) is 8.80. The van der Waals surface area contributed by atoms with Crippen molar-refractivity contribution in [3.05, 3.63) is 216 Å². The van der Waals surface area contributed by atoms with Crippen molar-refractivity contribution in [2.45, 2.75) is 56.8 Å². The fourth-order valence-electron chi connectivity index (χ4n) is 11.3. The molecule has 0 bridgehead atoms. The van der Waals surface area contributed by atoms with Crippen molar-refractivity contribution >= 4 is 0 Å². The number of fused-ring (bicyclic) bond motifs is 8. The van der Waals surface area contributed by atoms with Gasteiger partial charge in [-0.05, 0) is 110 Å². The van der Waals surface area contributed by atoms with E-state index in [1.54, 1.807) is 11.1 Å². The second-order valence-electron chi connectivity index (χ2n) is 18.4. The summed E-state index contributed by atoms with van der Waals surface area (Å²) in [4.78, 5) is 11.0. The smallest absolute Gasteiger partial charge is 0.0973 e. The molecule has 1 fully saturated rings. The third-order valence-electron chi connectivity index (χ3n) is 14.5. The number of nitrogens with zero attached hydrogens (tertiary/aromatic N) is 2. The van der Waals surface area contributed by atoms with Crippen LogP contribution < -0.4 is 0 Å². The zero-order valence-corrected chi connectivity index (χ0v) is 35.9. The van der Waals surface area contributed by atoms with Gasteiger partial charge in [-0.2, -0.15) is 0 Å². The van der Waals surface area contributed by atoms with Gasteiger partial charge in [-0.1, -0.05) is 197 Å². The predicted octanol–water partition coefficient (Wildman–Crippen LogP) is 16.0. The minimum atomic E-state index is -0.0844. The SMILES string of the molecule is CC1(C)c2ccc(-c3cccc(-c4cccc(-c5nc(-c6ccccc6)c(-c6ccccc6)nc5-c5ccccc5)c4)c3)cc2-c2cc3c(cc21)-c1ccccc1C31CCCCC1. The van der Waals surface area contributed by atoms with Crippen LogP contribution in [0, 0.1) is 0 Å². The van der Waals surface area contributed by atoms with Crippen LogP contribution in [0.3, 0.4) is 0 Å². The van der Waals surface area contributed by atoms with Crippen molar-refractivity contribution < 1.29 is 0 Å². The molecule has 8 aromatic carbocycles. The molecular formula is C61H48N2. The monoisotopic (exact) mass is 808 g/mol. The van der Waals surface area contributed by atoms with Crippen LogP contribution in [0.4, 0.5) is 0 Å². The summed E-state index contributed by atoms with van der Waals surface area (Å²) < 4.78 is 0. The molecule has 1 spiro atoms. The summed E-state index contributed by atoms with van der Waals surface area (Å²) in [6.07, 6.45) is 6.42. The first-order valence-corrected chi connectivity index (χ1v) is 22.7. The quantitative estimate of drug-likeness (QED) is 0.167. The largest absolute Gasteiger partial charge is 0.243 e. The highest BCUT2D eigenvalue weighted by atomic mass is 14.9. The maximum Gasteiger partial charge on any atom is 0.0973 e. The topological polar surface area (TPSA) is 25.8 Å². The van der Waals surface area contributed by atoms with E-state index in [1.807, 2.05) is 6.07 Å². The van der Waals surface area contributed by atoms with Gasteiger partial charge in [0.05, 0.1) is 22.8 Å². The molecular weight excluding hydrogens is 761 g/mol. The van der Waals surface area contributed by atoms with Gasteiger partial charge in [0.15, 0.2) is 0 Å². The van der Waals surface area contributed by atoms with Crippen molar-refractivity contribution in [3.8, 4) is 89.5 Å². The second kappa shape index (κ2) is 14.7. The van der Waals surface area contributed by atoms with Crippen LogP contribution in [-0.4, -0.2) is 9.97 Å². The van der Waals surface area contributed by atoms with E-state index in [0.717, 1.165) is 50.6 Å². The molecule has 1 heterocycles. The fourth-order valence-corrected chi connectivity index (χ4v) is 11.3. The van der Waals surface area contributed by atoms with Gasteiger partial charge in [0.2, 0.25) is 0 Å². The van der Waals surface area contributed by atoms with Crippen LogP contribution >= 0.6 is 0 Å². The van der Waals surface area contributed by atoms with Gasteiger partial charge in [0, 0.05) is 33.1 Å². The molecule has 0 aliphatic heterocycles. The lowest BCUT2D eigenvalue weighted by molar-refractivity contribution is 0.353. The Hall–Kier alpha value is -7.16. The van der Waals surface area contributed by atoms with E-state index in [2.05, 4.69) is 202 Å². The third kappa shape index (κ3) is 6.07. The Morgan fingerprint density at radius 1 is 0.302 bits per heavy atom. The van der Waals surface area contributed by atoms with Crippen molar-refractivity contribution in [1.29, 1.82) is 0 Å². The summed E-state index contributed by atoms with van der Waals surface area (Å²) in [6.45, 7) is 4.83. The zero-order valence-electron chi connectivity index (χ0n) is 35.9. The van der Waals surface area contributed by atoms with Crippen molar-refractivity contribution in [2.75, 3.05) is 0 Å². The molecule has 2 nitrogen and oxygen atoms in total. The first-order chi connectivity index (χ1) is 31.0. The molecule has 12 rings (SSSR count). The third-order valence-corrected chi connectivity index (χ3v) is 14.5. The Labute approximate surface area is 371 Å². The molecule has 63 heavy (non-hydrogen) atoms. The molecule has 9 aromatic rings. The average Bonchev–Trinajstić information content (AvgIpc) is 3.74. The van der Waals surface area contributed by atoms with Gasteiger partial charge in [0.25, 0.3) is 0 Å². The molecule has 1 aromatic heterocycles. The highest BCUT2D eigenvalue weighted by Crippen LogP contribution is 2.60. The average molecular weight is 809 g/mol. The molecule has 0 N–H and O–H groups in total. The van der Waals surface area contributed by atoms with Crippen LogP contribution in [-0.2, 0) is 10.8 Å². The summed E-state index contributed by atoms with van der Waals surface area (Å²) in [6, 6.07) is 70.9. The predicted molar refractivity (Wildman–Crippen MR) is 262 cm³/mol. The number of rotatable bonds is 6. The summed E-state index contributed by atoms with van der Waals surface area (Å²) in [5, 5.41) is 0. The van der Waals surface area contributed by atoms with E-state index < -0.39 is 0 Å². The molecule has 1 saturated carbocycles. The number of hydrogen-bond donors (Lipinski definition) is 0. The van der Waals surface area contributed by atoms with E-state index in [4.69, 9.17) is 9.97 Å². The number of benzene rings is 8. The zero-order chi connectivity index (χ0) is 42.1. The Balaban J connectivity index is 0.955. The molecule has 0 saturated heterocycles. The molecule has 0 unspecified atom stereocenters. The molecule has 3 aliphatic rings. The molecule has 3 aliphatic carbocycles. The van der Waals surface area contributed by atoms with Crippen LogP contribution in [0.2, 0.25) is 0 Å². The maximum absolute atomic E-state index is 5.53. The Morgan fingerprint density at radius 3 is 1.32 bits per heavy atom. The van der Waals surface area contributed by atoms with Crippen molar-refractivity contribution in [1.82, 2.24) is 9.97 Å². The van der Waals surface area contributed by atoms with E-state index in [0.29, 0.717) is 0 Å². The molecule has 0 amide bonds. The molecule has 302 valence electrons. The minimum Gasteiger partial charge on any atom is -0.243 e. The Morgan fingerprint density at radius 2 is 0.730 bits per heavy atom. The maximum atomic E-state index is 5.53. The van der Waals surface area contributed by atoms with Crippen LogP contribution in [0.15, 0.2) is 194 Å². The van der Waals surface area contributed by atoms with Crippen molar-refractivity contribution in [3.63, 3.8) is 0 Å². The van der Waals surface area contributed by atoms with E-state index in [-0.39, 0.29) is 10.8 Å². The standard InChI is InChI=1S/C61H48N2/c1-60(2)52-32-31-46(37-49(52)51-39-55-50(38-54(51)60)48-29-13-14-30-53(48)61(55)33-15-6-16-34-61)44-26-17-25-43(35-44)45-27-18-28-47(36-45)59-58(42-23-11-5-12-24-42)62-56(40-19-7-3-8-20-40)57(63-59)41-21-9-4-10-22-41/h3-5,7-14,17-32,35-39H,6,15-16,33-34H2,1-2H3. The molecule has 0 atom stereocenters. The minimum absolute atomic E-state index is 0.0844. The van der Waals surface area contributed by atoms with Gasteiger partial charge < -0.3 is 0 Å². The first-order valence-electron chi connectivity index (χ1n) is 22.7.